The van der Waals surface area contributed by atoms with Crippen LogP contribution in [0.2, 0.25) is 0 Å². The summed E-state index contributed by atoms with van der Waals surface area (Å²) in [5, 5.41) is 8.41. The Morgan fingerprint density at radius 1 is 1.47 bits per heavy atom. The summed E-state index contributed by atoms with van der Waals surface area (Å²) >= 11 is 1.44. The zero-order valence-electron chi connectivity index (χ0n) is 9.36. The average Bonchev–Trinajstić information content (AvgIpc) is 2.69. The zero-order valence-corrected chi connectivity index (χ0v) is 10.2. The molecule has 0 aromatic carbocycles. The first kappa shape index (κ1) is 10.8. The molecule has 15 heavy (non-hydrogen) atoms. The number of piperidine rings is 1. The number of hydrogen-bond acceptors (Lipinski definition) is 5. The molecule has 0 radical (unpaired) electrons. The molecule has 0 aliphatic carbocycles. The van der Waals surface area contributed by atoms with E-state index in [1.54, 1.807) is 0 Å². The largest absolute Gasteiger partial charge is 0.377 e. The predicted molar refractivity (Wildman–Crippen MR) is 63.1 cm³/mol. The molecule has 1 aliphatic heterocycles. The summed E-state index contributed by atoms with van der Waals surface area (Å²) in [6.07, 6.45) is 2.62. The van der Waals surface area contributed by atoms with Gasteiger partial charge in [0.15, 0.2) is 0 Å². The van der Waals surface area contributed by atoms with Crippen LogP contribution in [0.25, 0.3) is 0 Å². The molecule has 1 aliphatic rings. The summed E-state index contributed by atoms with van der Waals surface area (Å²) in [5.74, 6) is 0.888. The summed E-state index contributed by atoms with van der Waals surface area (Å²) in [5.41, 5.74) is 1.09. The smallest absolute Gasteiger partial charge is 0.134 e. The van der Waals surface area contributed by atoms with Gasteiger partial charge in [0.05, 0.1) is 0 Å². The van der Waals surface area contributed by atoms with Gasteiger partial charge >= 0.3 is 0 Å². The van der Waals surface area contributed by atoms with Crippen LogP contribution in [0.1, 0.15) is 25.5 Å². The molecule has 0 spiro atoms. The lowest BCUT2D eigenvalue weighted by Gasteiger charge is -2.29. The van der Waals surface area contributed by atoms with Crippen LogP contribution in [0.3, 0.4) is 0 Å². The first-order chi connectivity index (χ1) is 7.29. The molecule has 2 heterocycles. The Bertz CT molecular complexity index is 304. The molecule has 5 heteroatoms. The maximum atomic E-state index is 4.16. The average molecular weight is 226 g/mol. The highest BCUT2D eigenvalue weighted by Crippen LogP contribution is 2.22. The molecule has 0 saturated carbocycles. The van der Waals surface area contributed by atoms with Crippen LogP contribution in [0.15, 0.2) is 0 Å². The topological polar surface area (TPSA) is 41.1 Å². The van der Waals surface area contributed by atoms with Gasteiger partial charge in [-0.25, -0.2) is 0 Å². The van der Waals surface area contributed by atoms with Gasteiger partial charge in [-0.05, 0) is 31.8 Å². The Labute approximate surface area is 94.8 Å². The monoisotopic (exact) mass is 226 g/mol. The van der Waals surface area contributed by atoms with Crippen molar-refractivity contribution in [3.63, 3.8) is 0 Å². The quantitative estimate of drug-likeness (QED) is 0.853. The summed E-state index contributed by atoms with van der Waals surface area (Å²) < 4.78 is 3.98. The molecular weight excluding hydrogens is 208 g/mol. The molecule has 1 N–H and O–H groups in total. The molecule has 84 valence electrons. The lowest BCUT2D eigenvalue weighted by Crippen LogP contribution is -2.32. The maximum absolute atomic E-state index is 4.16. The van der Waals surface area contributed by atoms with Crippen molar-refractivity contribution in [1.29, 1.82) is 0 Å². The van der Waals surface area contributed by atoms with E-state index in [2.05, 4.69) is 26.7 Å². The number of nitrogens with one attached hydrogen (secondary N) is 1. The Kier molecular flexibility index (Phi) is 3.53. The molecule has 2 rings (SSSR count). The van der Waals surface area contributed by atoms with E-state index in [0.29, 0.717) is 0 Å². The van der Waals surface area contributed by atoms with E-state index in [-0.39, 0.29) is 0 Å². The van der Waals surface area contributed by atoms with Gasteiger partial charge < -0.3 is 5.32 Å². The van der Waals surface area contributed by atoms with Crippen molar-refractivity contribution >= 4 is 16.5 Å². The van der Waals surface area contributed by atoms with Crippen molar-refractivity contribution in [3.05, 3.63) is 5.69 Å². The molecule has 1 aromatic heterocycles. The second kappa shape index (κ2) is 4.90. The predicted octanol–water partition coefficient (Wildman–Crippen LogP) is 1.81. The van der Waals surface area contributed by atoms with E-state index in [4.69, 9.17) is 0 Å². The van der Waals surface area contributed by atoms with Gasteiger partial charge in [-0.15, -0.1) is 5.10 Å². The van der Waals surface area contributed by atoms with Crippen molar-refractivity contribution in [2.75, 3.05) is 25.5 Å². The fraction of sp³-hybridized carbons (Fsp3) is 0.800. The van der Waals surface area contributed by atoms with Crippen LogP contribution in [-0.4, -0.2) is 34.6 Å². The Morgan fingerprint density at radius 3 is 2.87 bits per heavy atom. The van der Waals surface area contributed by atoms with Crippen molar-refractivity contribution in [2.45, 2.75) is 26.3 Å². The SMILES string of the molecule is CNc1snnc1CN1CCC(C)CC1. The fourth-order valence-corrected chi connectivity index (χ4v) is 2.46. The van der Waals surface area contributed by atoms with Crippen LogP contribution < -0.4 is 5.32 Å². The fourth-order valence-electron chi connectivity index (χ4n) is 1.93. The number of aromatic nitrogens is 2. The molecule has 0 atom stereocenters. The highest BCUT2D eigenvalue weighted by molar-refractivity contribution is 7.10. The van der Waals surface area contributed by atoms with E-state index in [0.717, 1.165) is 23.2 Å². The van der Waals surface area contributed by atoms with Gasteiger partial charge in [0.1, 0.15) is 10.7 Å². The Hall–Kier alpha value is -0.680. The summed E-state index contributed by atoms with van der Waals surface area (Å²) in [4.78, 5) is 2.47. The first-order valence-electron chi connectivity index (χ1n) is 5.51. The van der Waals surface area contributed by atoms with E-state index in [1.165, 1.54) is 37.5 Å². The van der Waals surface area contributed by atoms with Crippen molar-refractivity contribution in [3.8, 4) is 0 Å². The molecule has 1 fully saturated rings. The van der Waals surface area contributed by atoms with Gasteiger partial charge in [0.25, 0.3) is 0 Å². The third-order valence-electron chi connectivity index (χ3n) is 3.03. The Morgan fingerprint density at radius 2 is 2.20 bits per heavy atom. The van der Waals surface area contributed by atoms with Gasteiger partial charge in [-0.2, -0.15) is 0 Å². The zero-order chi connectivity index (χ0) is 10.7. The molecular formula is C10H18N4S. The van der Waals surface area contributed by atoms with Crippen LogP contribution in [0.4, 0.5) is 5.00 Å². The standard InChI is InChI=1S/C10H18N4S/c1-8-3-5-14(6-4-8)7-9-10(11-2)15-13-12-9/h8,11H,3-7H2,1-2H3. The summed E-state index contributed by atoms with van der Waals surface area (Å²) in [7, 11) is 1.93. The molecule has 0 bridgehead atoms. The second-order valence-electron chi connectivity index (χ2n) is 4.26. The Balaban J connectivity index is 1.91. The van der Waals surface area contributed by atoms with E-state index in [1.807, 2.05) is 7.05 Å². The highest BCUT2D eigenvalue weighted by Gasteiger charge is 2.18. The third kappa shape index (κ3) is 2.66. The maximum Gasteiger partial charge on any atom is 0.134 e. The number of anilines is 1. The van der Waals surface area contributed by atoms with Crippen LogP contribution >= 0.6 is 11.5 Å². The van der Waals surface area contributed by atoms with Gasteiger partial charge in [0, 0.05) is 25.1 Å². The van der Waals surface area contributed by atoms with Crippen molar-refractivity contribution in [2.24, 2.45) is 5.92 Å². The molecule has 1 aromatic rings. The molecule has 1 saturated heterocycles. The van der Waals surface area contributed by atoms with Crippen LogP contribution in [0, 0.1) is 5.92 Å². The van der Waals surface area contributed by atoms with Gasteiger partial charge in [-0.1, -0.05) is 11.4 Å². The van der Waals surface area contributed by atoms with Gasteiger partial charge in [-0.3, -0.25) is 4.90 Å². The second-order valence-corrected chi connectivity index (χ2v) is 5.01. The first-order valence-corrected chi connectivity index (χ1v) is 6.28. The van der Waals surface area contributed by atoms with E-state index >= 15 is 0 Å². The van der Waals surface area contributed by atoms with E-state index < -0.39 is 0 Å². The number of likely N-dealkylation sites (tertiary alicyclic amines) is 1. The molecule has 4 nitrogen and oxygen atoms in total. The van der Waals surface area contributed by atoms with Crippen LogP contribution in [-0.2, 0) is 6.54 Å². The summed E-state index contributed by atoms with van der Waals surface area (Å²) in [6.45, 7) is 5.67. The van der Waals surface area contributed by atoms with Gasteiger partial charge in [0.2, 0.25) is 0 Å². The van der Waals surface area contributed by atoms with Crippen molar-refractivity contribution in [1.82, 2.24) is 14.5 Å². The minimum Gasteiger partial charge on any atom is -0.377 e. The minimum atomic E-state index is 0.888. The normalized spacial score (nSPS) is 19.3. The molecule has 0 amide bonds. The van der Waals surface area contributed by atoms with Crippen molar-refractivity contribution < 1.29 is 0 Å². The highest BCUT2D eigenvalue weighted by atomic mass is 32.1. The van der Waals surface area contributed by atoms with Crippen LogP contribution in [0.5, 0.6) is 0 Å². The lowest BCUT2D eigenvalue weighted by molar-refractivity contribution is 0.183. The molecule has 0 unspecified atom stereocenters. The third-order valence-corrected chi connectivity index (χ3v) is 3.82. The minimum absolute atomic E-state index is 0.888. The lowest BCUT2D eigenvalue weighted by atomic mass is 9.99. The van der Waals surface area contributed by atoms with E-state index in [9.17, 15) is 0 Å². The number of nitrogens with zero attached hydrogens (tertiary/aromatic N) is 3. The number of hydrogen-bond donors (Lipinski definition) is 1. The number of rotatable bonds is 3. The summed E-state index contributed by atoms with van der Waals surface area (Å²) in [6, 6.07) is 0.